The predicted molar refractivity (Wildman–Crippen MR) is 94.4 cm³/mol. The van der Waals surface area contributed by atoms with Gasteiger partial charge in [0.1, 0.15) is 5.75 Å². The lowest BCUT2D eigenvalue weighted by Crippen LogP contribution is -2.37. The largest absolute Gasteiger partial charge is 0.496 e. The van der Waals surface area contributed by atoms with E-state index in [1.165, 1.54) is 4.31 Å². The van der Waals surface area contributed by atoms with E-state index in [-0.39, 0.29) is 11.4 Å². The van der Waals surface area contributed by atoms with Crippen LogP contribution in [0.5, 0.6) is 5.75 Å². The average Bonchev–Trinajstić information content (AvgIpc) is 2.83. The number of carbonyl (C=O) groups is 1. The highest BCUT2D eigenvalue weighted by molar-refractivity contribution is 7.89. The number of carbonyl (C=O) groups excluding carboxylic acids is 1. The van der Waals surface area contributed by atoms with Gasteiger partial charge in [0, 0.05) is 26.2 Å². The molecule has 0 atom stereocenters. The van der Waals surface area contributed by atoms with Gasteiger partial charge in [-0.1, -0.05) is 0 Å². The van der Waals surface area contributed by atoms with Gasteiger partial charge in [-0.2, -0.15) is 4.31 Å². The minimum absolute atomic E-state index is 0.256. The molecule has 0 radical (unpaired) electrons. The molecule has 0 N–H and O–H groups in total. The van der Waals surface area contributed by atoms with Crippen LogP contribution in [0.4, 0.5) is 4.79 Å². The number of ether oxygens (including phenoxy) is 2. The van der Waals surface area contributed by atoms with Gasteiger partial charge < -0.3 is 14.4 Å². The van der Waals surface area contributed by atoms with Gasteiger partial charge in [-0.15, -0.1) is 0 Å². The monoisotopic (exact) mass is 370 g/mol. The summed E-state index contributed by atoms with van der Waals surface area (Å²) in [5.41, 5.74) is 1.42. The summed E-state index contributed by atoms with van der Waals surface area (Å²) in [6, 6.07) is 3.39. The predicted octanol–water partition coefficient (Wildman–Crippen LogP) is 2.16. The summed E-state index contributed by atoms with van der Waals surface area (Å²) in [4.78, 5) is 13.7. The number of nitrogens with zero attached hydrogens (tertiary/aromatic N) is 2. The normalized spacial score (nSPS) is 16.4. The van der Waals surface area contributed by atoms with Gasteiger partial charge in [0.05, 0.1) is 18.6 Å². The molecule has 1 aliphatic heterocycles. The van der Waals surface area contributed by atoms with Gasteiger partial charge in [0.2, 0.25) is 10.0 Å². The van der Waals surface area contributed by atoms with Gasteiger partial charge in [-0.25, -0.2) is 13.2 Å². The first kappa shape index (κ1) is 19.5. The topological polar surface area (TPSA) is 76.2 Å². The van der Waals surface area contributed by atoms with Crippen LogP contribution in [0.15, 0.2) is 17.0 Å². The van der Waals surface area contributed by atoms with E-state index in [2.05, 4.69) is 0 Å². The molecule has 1 amide bonds. The highest BCUT2D eigenvalue weighted by Crippen LogP contribution is 2.28. The first-order valence-electron chi connectivity index (χ1n) is 8.38. The molecule has 0 bridgehead atoms. The maximum absolute atomic E-state index is 13.1. The van der Waals surface area contributed by atoms with Gasteiger partial charge in [0.15, 0.2) is 0 Å². The molecule has 0 saturated carbocycles. The van der Waals surface area contributed by atoms with Crippen LogP contribution in [0.1, 0.15) is 24.5 Å². The Morgan fingerprint density at radius 2 is 1.84 bits per heavy atom. The molecule has 0 unspecified atom stereocenters. The van der Waals surface area contributed by atoms with E-state index in [0.717, 1.165) is 5.56 Å². The van der Waals surface area contributed by atoms with Gasteiger partial charge >= 0.3 is 6.09 Å². The fourth-order valence-electron chi connectivity index (χ4n) is 2.93. The molecule has 25 heavy (non-hydrogen) atoms. The minimum atomic E-state index is -3.63. The molecule has 1 aromatic carbocycles. The standard InChI is InChI=1S/C17H26N2O5S/c1-5-24-17(20)18-7-6-8-19(10-9-18)25(21,22)16-12-13(2)15(23-4)11-14(16)3/h11-12H,5-10H2,1-4H3. The van der Waals surface area contributed by atoms with E-state index < -0.39 is 16.1 Å². The first-order chi connectivity index (χ1) is 11.8. The second-order valence-electron chi connectivity index (χ2n) is 6.03. The first-order valence-corrected chi connectivity index (χ1v) is 9.82. The van der Waals surface area contributed by atoms with E-state index in [4.69, 9.17) is 9.47 Å². The van der Waals surface area contributed by atoms with Gasteiger partial charge in [-0.3, -0.25) is 0 Å². The Morgan fingerprint density at radius 1 is 1.12 bits per heavy atom. The molecule has 1 aromatic rings. The number of aryl methyl sites for hydroxylation is 2. The molecule has 140 valence electrons. The van der Waals surface area contributed by atoms with E-state index in [0.29, 0.717) is 44.0 Å². The molecule has 7 nitrogen and oxygen atoms in total. The number of hydrogen-bond donors (Lipinski definition) is 0. The van der Waals surface area contributed by atoms with Crippen molar-refractivity contribution in [2.75, 3.05) is 39.9 Å². The molecule has 0 aromatic heterocycles. The fourth-order valence-corrected chi connectivity index (χ4v) is 4.69. The summed E-state index contributed by atoms with van der Waals surface area (Å²) in [7, 11) is -2.06. The Morgan fingerprint density at radius 3 is 2.48 bits per heavy atom. The summed E-state index contributed by atoms with van der Waals surface area (Å²) < 4.78 is 37.8. The maximum atomic E-state index is 13.1. The summed E-state index contributed by atoms with van der Waals surface area (Å²) in [5.74, 6) is 0.667. The van der Waals surface area contributed by atoms with Crippen molar-refractivity contribution in [2.24, 2.45) is 0 Å². The highest BCUT2D eigenvalue weighted by Gasteiger charge is 2.30. The third-order valence-electron chi connectivity index (χ3n) is 4.29. The van der Waals surface area contributed by atoms with E-state index in [1.54, 1.807) is 38.0 Å². The van der Waals surface area contributed by atoms with Crippen molar-refractivity contribution in [3.8, 4) is 5.75 Å². The summed E-state index contributed by atoms with van der Waals surface area (Å²) >= 11 is 0. The Labute approximate surface area is 149 Å². The van der Waals surface area contributed by atoms with Crippen molar-refractivity contribution < 1.29 is 22.7 Å². The lowest BCUT2D eigenvalue weighted by Gasteiger charge is -2.22. The van der Waals surface area contributed by atoms with E-state index in [1.807, 2.05) is 6.92 Å². The molecule has 0 aliphatic carbocycles. The number of amides is 1. The smallest absolute Gasteiger partial charge is 0.409 e. The Kier molecular flexibility index (Phi) is 6.29. The molecule has 1 heterocycles. The van der Waals surface area contributed by atoms with Crippen molar-refractivity contribution in [3.63, 3.8) is 0 Å². The van der Waals surface area contributed by atoms with Crippen LogP contribution in [0.2, 0.25) is 0 Å². The van der Waals surface area contributed by atoms with Crippen LogP contribution in [-0.2, 0) is 14.8 Å². The summed E-state index contributed by atoms with van der Waals surface area (Å²) in [6.45, 7) is 7.09. The number of methoxy groups -OCH3 is 1. The zero-order valence-corrected chi connectivity index (χ0v) is 16.1. The summed E-state index contributed by atoms with van der Waals surface area (Å²) in [5, 5.41) is 0. The zero-order valence-electron chi connectivity index (χ0n) is 15.2. The lowest BCUT2D eigenvalue weighted by molar-refractivity contribution is 0.109. The van der Waals surface area contributed by atoms with Crippen LogP contribution in [0.3, 0.4) is 0 Å². The molecule has 0 spiro atoms. The molecule has 8 heteroatoms. The molecule has 1 saturated heterocycles. The third-order valence-corrected chi connectivity index (χ3v) is 6.33. The van der Waals surface area contributed by atoms with Gasteiger partial charge in [0.25, 0.3) is 0 Å². The molecule has 2 rings (SSSR count). The molecule has 1 aliphatic rings. The maximum Gasteiger partial charge on any atom is 0.409 e. The van der Waals surface area contributed by atoms with Crippen LogP contribution < -0.4 is 4.74 Å². The number of hydrogen-bond acceptors (Lipinski definition) is 5. The Balaban J connectivity index is 2.23. The Hall–Kier alpha value is -1.80. The SMILES string of the molecule is CCOC(=O)N1CCCN(S(=O)(=O)c2cc(C)c(OC)cc2C)CC1. The Bertz CT molecular complexity index is 733. The molecular formula is C17H26N2O5S. The zero-order chi connectivity index (χ0) is 18.6. The van der Waals surface area contributed by atoms with Crippen LogP contribution >= 0.6 is 0 Å². The van der Waals surface area contributed by atoms with E-state index >= 15 is 0 Å². The second kappa shape index (κ2) is 8.05. The third kappa shape index (κ3) is 4.24. The molecule has 1 fully saturated rings. The quantitative estimate of drug-likeness (QED) is 0.812. The van der Waals surface area contributed by atoms with Crippen molar-refractivity contribution in [1.29, 1.82) is 0 Å². The number of benzene rings is 1. The van der Waals surface area contributed by atoms with Crippen LogP contribution in [-0.4, -0.2) is 63.6 Å². The minimum Gasteiger partial charge on any atom is -0.496 e. The van der Waals surface area contributed by atoms with Crippen molar-refractivity contribution in [2.45, 2.75) is 32.1 Å². The fraction of sp³-hybridized carbons (Fsp3) is 0.588. The molecular weight excluding hydrogens is 344 g/mol. The van der Waals surface area contributed by atoms with Crippen LogP contribution in [0.25, 0.3) is 0 Å². The van der Waals surface area contributed by atoms with Crippen LogP contribution in [0, 0.1) is 13.8 Å². The summed E-state index contributed by atoms with van der Waals surface area (Å²) in [6.07, 6.45) is 0.185. The lowest BCUT2D eigenvalue weighted by atomic mass is 10.1. The van der Waals surface area contributed by atoms with Crippen molar-refractivity contribution >= 4 is 16.1 Å². The highest BCUT2D eigenvalue weighted by atomic mass is 32.2. The second-order valence-corrected chi connectivity index (χ2v) is 7.94. The average molecular weight is 370 g/mol. The van der Waals surface area contributed by atoms with E-state index in [9.17, 15) is 13.2 Å². The van der Waals surface area contributed by atoms with Crippen molar-refractivity contribution in [3.05, 3.63) is 23.3 Å². The van der Waals surface area contributed by atoms with Gasteiger partial charge in [-0.05, 0) is 50.5 Å². The van der Waals surface area contributed by atoms with Crippen molar-refractivity contribution in [1.82, 2.24) is 9.21 Å². The number of sulfonamides is 1. The number of rotatable bonds is 4.